The van der Waals surface area contributed by atoms with E-state index in [1.807, 2.05) is 36.4 Å². The molecule has 158 valence electrons. The lowest BCUT2D eigenvalue weighted by Gasteiger charge is -2.16. The Balaban J connectivity index is 1.60. The van der Waals surface area contributed by atoms with Crippen LogP contribution in [0.15, 0.2) is 89.8 Å². The number of sulfonamides is 1. The summed E-state index contributed by atoms with van der Waals surface area (Å²) >= 11 is 0. The second-order valence-electron chi connectivity index (χ2n) is 7.07. The number of benzene rings is 4. The first-order chi connectivity index (χ1) is 14.9. The quantitative estimate of drug-likeness (QED) is 0.435. The molecule has 31 heavy (non-hydrogen) atoms. The van der Waals surface area contributed by atoms with Gasteiger partial charge in [-0.1, -0.05) is 48.5 Å². The highest BCUT2D eigenvalue weighted by Gasteiger charge is 2.11. The third kappa shape index (κ3) is 4.84. The highest BCUT2D eigenvalue weighted by Crippen LogP contribution is 2.30. The summed E-state index contributed by atoms with van der Waals surface area (Å²) in [5, 5.41) is 10.5. The van der Waals surface area contributed by atoms with Gasteiger partial charge in [0.15, 0.2) is 0 Å². The number of fused-ring (bicyclic) bond motifs is 1. The summed E-state index contributed by atoms with van der Waals surface area (Å²) in [5.74, 6) is 0.341. The van der Waals surface area contributed by atoms with Crippen LogP contribution in [0.2, 0.25) is 0 Å². The molecule has 4 rings (SSSR count). The van der Waals surface area contributed by atoms with Crippen molar-refractivity contribution in [1.82, 2.24) is 0 Å². The van der Waals surface area contributed by atoms with Crippen LogP contribution in [0.5, 0.6) is 5.75 Å². The number of anilines is 1. The van der Waals surface area contributed by atoms with Gasteiger partial charge in [0.25, 0.3) is 0 Å². The molecule has 0 amide bonds. The van der Waals surface area contributed by atoms with E-state index in [9.17, 15) is 12.8 Å². The standard InChI is InChI=1S/C24H21FN2O3S/c25-23-8-4-2-6-18(23)16-30-24-14-9-17-5-1-3-7-21(17)22(24)15-27-19-10-12-20(13-11-19)31(26,28)29/h1-14,27H,15-16H2,(H2,26,28,29). The van der Waals surface area contributed by atoms with E-state index in [1.165, 1.54) is 18.2 Å². The highest BCUT2D eigenvalue weighted by molar-refractivity contribution is 7.89. The van der Waals surface area contributed by atoms with Gasteiger partial charge in [-0.25, -0.2) is 17.9 Å². The van der Waals surface area contributed by atoms with Gasteiger partial charge in [0.1, 0.15) is 18.2 Å². The molecule has 4 aromatic carbocycles. The van der Waals surface area contributed by atoms with Crippen molar-refractivity contribution >= 4 is 26.5 Å². The monoisotopic (exact) mass is 436 g/mol. The van der Waals surface area contributed by atoms with Crippen molar-refractivity contribution in [3.05, 3.63) is 102 Å². The first kappa shape index (κ1) is 20.8. The number of nitrogens with two attached hydrogens (primary N) is 1. The molecule has 0 unspecified atom stereocenters. The van der Waals surface area contributed by atoms with E-state index in [0.29, 0.717) is 17.9 Å². The number of primary sulfonamides is 1. The van der Waals surface area contributed by atoms with Crippen LogP contribution in [-0.2, 0) is 23.2 Å². The lowest BCUT2D eigenvalue weighted by atomic mass is 10.0. The molecule has 0 spiro atoms. The molecule has 5 nitrogen and oxygen atoms in total. The number of hydrogen-bond donors (Lipinski definition) is 2. The van der Waals surface area contributed by atoms with E-state index in [1.54, 1.807) is 30.3 Å². The minimum atomic E-state index is -3.74. The summed E-state index contributed by atoms with van der Waals surface area (Å²) in [6.45, 7) is 0.545. The van der Waals surface area contributed by atoms with Crippen LogP contribution in [-0.4, -0.2) is 8.42 Å². The van der Waals surface area contributed by atoms with Gasteiger partial charge in [-0.05, 0) is 47.2 Å². The molecule has 0 aliphatic rings. The molecule has 0 atom stereocenters. The third-order valence-corrected chi connectivity index (χ3v) is 5.92. The normalized spacial score (nSPS) is 11.4. The van der Waals surface area contributed by atoms with E-state index in [2.05, 4.69) is 5.32 Å². The predicted octanol–water partition coefficient (Wildman–Crippen LogP) is 4.82. The maximum Gasteiger partial charge on any atom is 0.238 e. The zero-order valence-corrected chi connectivity index (χ0v) is 17.4. The predicted molar refractivity (Wildman–Crippen MR) is 120 cm³/mol. The van der Waals surface area contributed by atoms with Gasteiger partial charge in [0, 0.05) is 23.4 Å². The number of rotatable bonds is 7. The molecule has 4 aromatic rings. The van der Waals surface area contributed by atoms with Crippen LogP contribution in [0.1, 0.15) is 11.1 Å². The zero-order valence-electron chi connectivity index (χ0n) is 16.6. The smallest absolute Gasteiger partial charge is 0.238 e. The topological polar surface area (TPSA) is 81.4 Å². The van der Waals surface area contributed by atoms with Crippen LogP contribution in [0.25, 0.3) is 10.8 Å². The largest absolute Gasteiger partial charge is 0.488 e. The van der Waals surface area contributed by atoms with Crippen LogP contribution in [0.3, 0.4) is 0 Å². The minimum Gasteiger partial charge on any atom is -0.488 e. The Morgan fingerprint density at radius 2 is 1.58 bits per heavy atom. The Morgan fingerprint density at radius 3 is 2.32 bits per heavy atom. The molecule has 0 bridgehead atoms. The maximum atomic E-state index is 14.0. The molecule has 0 saturated heterocycles. The second-order valence-corrected chi connectivity index (χ2v) is 8.63. The van der Waals surface area contributed by atoms with Crippen molar-refractivity contribution in [2.24, 2.45) is 5.14 Å². The average Bonchev–Trinajstić information content (AvgIpc) is 2.77. The van der Waals surface area contributed by atoms with Gasteiger partial charge in [-0.15, -0.1) is 0 Å². The summed E-state index contributed by atoms with van der Waals surface area (Å²) in [6, 6.07) is 24.5. The minimum absolute atomic E-state index is 0.0529. The van der Waals surface area contributed by atoms with E-state index >= 15 is 0 Å². The third-order valence-electron chi connectivity index (χ3n) is 4.99. The summed E-state index contributed by atoms with van der Waals surface area (Å²) in [6.07, 6.45) is 0. The van der Waals surface area contributed by atoms with Crippen LogP contribution < -0.4 is 15.2 Å². The molecule has 0 aliphatic carbocycles. The number of nitrogens with one attached hydrogen (secondary N) is 1. The van der Waals surface area contributed by atoms with Crippen molar-refractivity contribution in [2.75, 3.05) is 5.32 Å². The molecule has 0 aromatic heterocycles. The Hall–Kier alpha value is -3.42. The van der Waals surface area contributed by atoms with Gasteiger partial charge >= 0.3 is 0 Å². The summed E-state index contributed by atoms with van der Waals surface area (Å²) in [5.41, 5.74) is 2.14. The first-order valence-corrected chi connectivity index (χ1v) is 11.2. The van der Waals surface area contributed by atoms with Crippen molar-refractivity contribution in [1.29, 1.82) is 0 Å². The highest BCUT2D eigenvalue weighted by atomic mass is 32.2. The average molecular weight is 437 g/mol. The Morgan fingerprint density at radius 1 is 0.871 bits per heavy atom. The number of hydrogen-bond acceptors (Lipinski definition) is 4. The van der Waals surface area contributed by atoms with E-state index in [4.69, 9.17) is 9.88 Å². The van der Waals surface area contributed by atoms with E-state index < -0.39 is 10.0 Å². The van der Waals surface area contributed by atoms with Crippen molar-refractivity contribution < 1.29 is 17.5 Å². The molecular formula is C24H21FN2O3S. The zero-order chi connectivity index (χ0) is 21.8. The molecule has 0 aliphatic heterocycles. The number of halogens is 1. The van der Waals surface area contributed by atoms with Crippen molar-refractivity contribution in [3.8, 4) is 5.75 Å². The van der Waals surface area contributed by atoms with Gasteiger partial charge in [0.05, 0.1) is 4.90 Å². The van der Waals surface area contributed by atoms with E-state index in [-0.39, 0.29) is 17.3 Å². The fourth-order valence-corrected chi connectivity index (χ4v) is 3.87. The van der Waals surface area contributed by atoms with Gasteiger partial charge in [0.2, 0.25) is 10.0 Å². The molecule has 0 fully saturated rings. The molecule has 3 N–H and O–H groups in total. The summed E-state index contributed by atoms with van der Waals surface area (Å²) in [7, 11) is -3.74. The first-order valence-electron chi connectivity index (χ1n) is 9.65. The Kier molecular flexibility index (Phi) is 5.88. The molecule has 0 radical (unpaired) electrons. The molecule has 0 heterocycles. The summed E-state index contributed by atoms with van der Waals surface area (Å²) < 4.78 is 42.9. The van der Waals surface area contributed by atoms with E-state index in [0.717, 1.165) is 22.0 Å². The number of ether oxygens (including phenoxy) is 1. The van der Waals surface area contributed by atoms with Crippen molar-refractivity contribution in [2.45, 2.75) is 18.0 Å². The van der Waals surface area contributed by atoms with Crippen LogP contribution in [0.4, 0.5) is 10.1 Å². The van der Waals surface area contributed by atoms with Crippen LogP contribution >= 0.6 is 0 Å². The fraction of sp³-hybridized carbons (Fsp3) is 0.0833. The fourth-order valence-electron chi connectivity index (χ4n) is 3.36. The molecular weight excluding hydrogens is 415 g/mol. The lowest BCUT2D eigenvalue weighted by molar-refractivity contribution is 0.297. The SMILES string of the molecule is NS(=O)(=O)c1ccc(NCc2c(OCc3ccccc3F)ccc3ccccc23)cc1. The van der Waals surface area contributed by atoms with Gasteiger partial charge in [-0.3, -0.25) is 0 Å². The molecule has 0 saturated carbocycles. The summed E-state index contributed by atoms with van der Waals surface area (Å²) in [4.78, 5) is 0.0529. The molecule has 7 heteroatoms. The van der Waals surface area contributed by atoms with Crippen LogP contribution in [0, 0.1) is 5.82 Å². The Bertz CT molecular complexity index is 1320. The second kappa shape index (κ2) is 8.75. The maximum absolute atomic E-state index is 14.0. The van der Waals surface area contributed by atoms with Crippen molar-refractivity contribution in [3.63, 3.8) is 0 Å². The van der Waals surface area contributed by atoms with Gasteiger partial charge in [-0.2, -0.15) is 0 Å². The lowest BCUT2D eigenvalue weighted by Crippen LogP contribution is -2.12. The van der Waals surface area contributed by atoms with Gasteiger partial charge < -0.3 is 10.1 Å². The Labute approximate surface area is 180 Å².